The predicted octanol–water partition coefficient (Wildman–Crippen LogP) is 2.58. The van der Waals surface area contributed by atoms with Crippen LogP contribution in [-0.4, -0.2) is 36.3 Å². The van der Waals surface area contributed by atoms with Crippen LogP contribution in [0.15, 0.2) is 53.4 Å². The van der Waals surface area contributed by atoms with Crippen molar-refractivity contribution >= 4 is 21.7 Å². The number of esters is 1. The molecular formula is C18H18N2O6S. The number of nitro benzene ring substituents is 1. The van der Waals surface area contributed by atoms with Gasteiger partial charge in [-0.15, -0.1) is 0 Å². The molecule has 27 heavy (non-hydrogen) atoms. The van der Waals surface area contributed by atoms with Crippen molar-refractivity contribution in [3.63, 3.8) is 0 Å². The highest BCUT2D eigenvalue weighted by molar-refractivity contribution is 7.89. The number of rotatable bonds is 6. The number of hydrogen-bond acceptors (Lipinski definition) is 6. The van der Waals surface area contributed by atoms with Crippen LogP contribution in [0.1, 0.15) is 24.1 Å². The molecule has 3 rings (SSSR count). The highest BCUT2D eigenvalue weighted by Crippen LogP contribution is 2.48. The van der Waals surface area contributed by atoms with E-state index in [0.29, 0.717) is 5.56 Å². The molecule has 0 aromatic heterocycles. The first-order valence-corrected chi connectivity index (χ1v) is 9.72. The molecule has 2 aromatic carbocycles. The Kier molecular flexibility index (Phi) is 4.99. The molecule has 0 saturated carbocycles. The molecule has 1 heterocycles. The van der Waals surface area contributed by atoms with E-state index in [1.54, 1.807) is 19.1 Å². The van der Waals surface area contributed by atoms with Crippen molar-refractivity contribution < 1.29 is 22.9 Å². The van der Waals surface area contributed by atoms with Gasteiger partial charge in [-0.25, -0.2) is 8.42 Å². The minimum atomic E-state index is -3.92. The first kappa shape index (κ1) is 19.0. The molecule has 9 heteroatoms. The third-order valence-electron chi connectivity index (χ3n) is 4.33. The van der Waals surface area contributed by atoms with Crippen molar-refractivity contribution in [2.45, 2.75) is 30.8 Å². The first-order chi connectivity index (χ1) is 12.8. The summed E-state index contributed by atoms with van der Waals surface area (Å²) in [6.45, 7) is 3.61. The van der Waals surface area contributed by atoms with E-state index in [2.05, 4.69) is 0 Å². The molecule has 8 nitrogen and oxygen atoms in total. The van der Waals surface area contributed by atoms with Crippen LogP contribution in [0.2, 0.25) is 0 Å². The van der Waals surface area contributed by atoms with Gasteiger partial charge in [-0.1, -0.05) is 29.8 Å². The molecule has 142 valence electrons. The standard InChI is InChI=1S/C18H18N2O6S/c1-3-26-18(21)17-16(13-6-8-14(9-7-13)20(22)23)19(17)27(24,25)15-10-4-12(2)5-11-15/h4-11,16-17H,3H2,1-2H3. The average molecular weight is 390 g/mol. The molecule has 0 radical (unpaired) electrons. The normalized spacial score (nSPS) is 21.5. The van der Waals surface area contributed by atoms with Crippen molar-refractivity contribution in [3.8, 4) is 0 Å². The largest absolute Gasteiger partial charge is 0.465 e. The number of carbonyl (C=O) groups is 1. The minimum Gasteiger partial charge on any atom is -0.465 e. The van der Waals surface area contributed by atoms with Crippen molar-refractivity contribution in [2.24, 2.45) is 0 Å². The lowest BCUT2D eigenvalue weighted by molar-refractivity contribution is -0.384. The van der Waals surface area contributed by atoms with E-state index in [9.17, 15) is 23.3 Å². The molecule has 2 aromatic rings. The zero-order valence-electron chi connectivity index (χ0n) is 14.7. The lowest BCUT2D eigenvalue weighted by Gasteiger charge is -2.07. The van der Waals surface area contributed by atoms with Gasteiger partial charge in [0.25, 0.3) is 5.69 Å². The number of sulfonamides is 1. The van der Waals surface area contributed by atoms with E-state index in [0.717, 1.165) is 9.87 Å². The number of carbonyl (C=O) groups excluding carboxylic acids is 1. The van der Waals surface area contributed by atoms with Crippen LogP contribution < -0.4 is 0 Å². The van der Waals surface area contributed by atoms with Gasteiger partial charge >= 0.3 is 5.97 Å². The lowest BCUT2D eigenvalue weighted by atomic mass is 10.1. The second-order valence-electron chi connectivity index (χ2n) is 6.14. The molecule has 3 atom stereocenters. The molecule has 1 aliphatic heterocycles. The zero-order valence-corrected chi connectivity index (χ0v) is 15.5. The summed E-state index contributed by atoms with van der Waals surface area (Å²) in [4.78, 5) is 22.6. The molecule has 0 N–H and O–H groups in total. The first-order valence-electron chi connectivity index (χ1n) is 8.28. The highest BCUT2D eigenvalue weighted by Gasteiger charge is 2.61. The van der Waals surface area contributed by atoms with Gasteiger partial charge in [0.2, 0.25) is 10.0 Å². The zero-order chi connectivity index (χ0) is 19.8. The van der Waals surface area contributed by atoms with Crippen LogP contribution in [0.5, 0.6) is 0 Å². The maximum absolute atomic E-state index is 13.0. The summed E-state index contributed by atoms with van der Waals surface area (Å²) in [7, 11) is -3.92. The average Bonchev–Trinajstić information content (AvgIpc) is 3.39. The third-order valence-corrected chi connectivity index (χ3v) is 6.20. The lowest BCUT2D eigenvalue weighted by Crippen LogP contribution is -2.21. The molecule has 3 unspecified atom stereocenters. The molecule has 1 fully saturated rings. The summed E-state index contributed by atoms with van der Waals surface area (Å²) >= 11 is 0. The van der Waals surface area contributed by atoms with Gasteiger partial charge in [0, 0.05) is 12.1 Å². The van der Waals surface area contributed by atoms with Crippen molar-refractivity contribution in [2.75, 3.05) is 6.61 Å². The van der Waals surface area contributed by atoms with Crippen molar-refractivity contribution in [3.05, 3.63) is 69.8 Å². The Morgan fingerprint density at radius 2 is 1.74 bits per heavy atom. The Balaban J connectivity index is 1.97. The van der Waals surface area contributed by atoms with Crippen LogP contribution in [0.4, 0.5) is 5.69 Å². The van der Waals surface area contributed by atoms with Crippen LogP contribution in [0, 0.1) is 17.0 Å². The fourth-order valence-corrected chi connectivity index (χ4v) is 4.63. The van der Waals surface area contributed by atoms with E-state index in [1.807, 2.05) is 6.92 Å². The Morgan fingerprint density at radius 3 is 2.26 bits per heavy atom. The number of aryl methyl sites for hydroxylation is 1. The van der Waals surface area contributed by atoms with E-state index in [-0.39, 0.29) is 17.2 Å². The van der Waals surface area contributed by atoms with Crippen molar-refractivity contribution in [1.82, 2.24) is 4.31 Å². The molecule has 0 bridgehead atoms. The second kappa shape index (κ2) is 7.09. The monoisotopic (exact) mass is 390 g/mol. The van der Waals surface area contributed by atoms with Gasteiger partial charge in [0.15, 0.2) is 0 Å². The third kappa shape index (κ3) is 3.56. The smallest absolute Gasteiger partial charge is 0.326 e. The minimum absolute atomic E-state index is 0.0758. The van der Waals surface area contributed by atoms with E-state index >= 15 is 0 Å². The highest BCUT2D eigenvalue weighted by atomic mass is 32.2. The maximum atomic E-state index is 13.0. The molecule has 0 amide bonds. The van der Waals surface area contributed by atoms with Crippen LogP contribution in [0.25, 0.3) is 0 Å². The van der Waals surface area contributed by atoms with E-state index < -0.39 is 33.0 Å². The number of ether oxygens (including phenoxy) is 1. The Bertz CT molecular complexity index is 970. The topological polar surface area (TPSA) is 107 Å². The Morgan fingerprint density at radius 1 is 1.15 bits per heavy atom. The maximum Gasteiger partial charge on any atom is 0.326 e. The van der Waals surface area contributed by atoms with Gasteiger partial charge in [-0.05, 0) is 31.5 Å². The quantitative estimate of drug-likeness (QED) is 0.325. The molecular weight excluding hydrogens is 372 g/mol. The second-order valence-corrected chi connectivity index (χ2v) is 7.98. The summed E-state index contributed by atoms with van der Waals surface area (Å²) in [5, 5.41) is 10.8. The molecule has 0 spiro atoms. The van der Waals surface area contributed by atoms with Crippen LogP contribution in [-0.2, 0) is 19.6 Å². The summed E-state index contributed by atoms with van der Waals surface area (Å²) in [5.74, 6) is -0.642. The number of hydrogen-bond donors (Lipinski definition) is 0. The Labute approximate surface area is 156 Å². The summed E-state index contributed by atoms with van der Waals surface area (Å²) < 4.78 is 32.1. The summed E-state index contributed by atoms with van der Waals surface area (Å²) in [6, 6.07) is 10.1. The predicted molar refractivity (Wildman–Crippen MR) is 96.5 cm³/mol. The van der Waals surface area contributed by atoms with E-state index in [1.165, 1.54) is 36.4 Å². The number of nitro groups is 1. The Hall–Kier alpha value is -2.78. The fourth-order valence-electron chi connectivity index (χ4n) is 2.93. The van der Waals surface area contributed by atoms with Gasteiger partial charge in [0.05, 0.1) is 22.5 Å². The van der Waals surface area contributed by atoms with E-state index in [4.69, 9.17) is 4.74 Å². The number of nitrogens with zero attached hydrogens (tertiary/aromatic N) is 2. The van der Waals surface area contributed by atoms with Gasteiger partial charge < -0.3 is 4.74 Å². The summed E-state index contributed by atoms with van der Waals surface area (Å²) in [6.07, 6.45) is 0. The van der Waals surface area contributed by atoms with Gasteiger partial charge in [-0.2, -0.15) is 4.31 Å². The van der Waals surface area contributed by atoms with Crippen LogP contribution >= 0.6 is 0 Å². The number of benzene rings is 2. The molecule has 0 aliphatic carbocycles. The molecule has 1 aliphatic rings. The van der Waals surface area contributed by atoms with Gasteiger partial charge in [-0.3, -0.25) is 14.9 Å². The summed E-state index contributed by atoms with van der Waals surface area (Å²) in [5.41, 5.74) is 1.29. The van der Waals surface area contributed by atoms with Crippen molar-refractivity contribution in [1.29, 1.82) is 0 Å². The fraction of sp³-hybridized carbons (Fsp3) is 0.278. The number of non-ortho nitro benzene ring substituents is 1. The van der Waals surface area contributed by atoms with Crippen LogP contribution in [0.3, 0.4) is 0 Å². The van der Waals surface area contributed by atoms with Gasteiger partial charge in [0.1, 0.15) is 6.04 Å². The molecule has 1 saturated heterocycles. The SMILES string of the molecule is CCOC(=O)C1C(c2ccc([N+](=O)[O-])cc2)N1S(=O)(=O)c1ccc(C)cc1.